The van der Waals surface area contributed by atoms with Gasteiger partial charge in [-0.1, -0.05) is 15.9 Å². The predicted octanol–water partition coefficient (Wildman–Crippen LogP) is 2.24. The molecule has 0 saturated carbocycles. The van der Waals surface area contributed by atoms with Gasteiger partial charge in [0.2, 0.25) is 0 Å². The molecule has 0 aliphatic carbocycles. The molecule has 6 heteroatoms. The Balaban J connectivity index is 3.35. The molecule has 1 aromatic carbocycles. The lowest BCUT2D eigenvalue weighted by atomic mass is 10.1. The smallest absolute Gasteiger partial charge is 0.277 e. The van der Waals surface area contributed by atoms with E-state index in [1.165, 1.54) is 6.07 Å². The Morgan fingerprint density at radius 2 is 2.21 bits per heavy atom. The van der Waals surface area contributed by atoms with Crippen LogP contribution in [-0.4, -0.2) is 11.2 Å². The quantitative estimate of drug-likeness (QED) is 0.476. The number of hydrogen-bond acceptors (Lipinski definition) is 3. The molecule has 0 aliphatic rings. The van der Waals surface area contributed by atoms with Crippen molar-refractivity contribution in [1.29, 1.82) is 0 Å². The molecule has 0 radical (unpaired) electrons. The van der Waals surface area contributed by atoms with Crippen LogP contribution in [0.1, 0.15) is 5.56 Å². The number of carbonyl (C=O) groups is 1. The monoisotopic (exact) mass is 261 g/mol. The van der Waals surface area contributed by atoms with Crippen LogP contribution in [0.2, 0.25) is 0 Å². The van der Waals surface area contributed by atoms with Crippen LogP contribution in [0.15, 0.2) is 16.6 Å². The molecule has 14 heavy (non-hydrogen) atoms. The van der Waals surface area contributed by atoms with Crippen molar-refractivity contribution >= 4 is 27.9 Å². The normalized spacial score (nSPS) is 9.86. The average Bonchev–Trinajstić information content (AvgIpc) is 2.09. The molecular formula is C8H5BrFNO3. The third-order valence-corrected chi connectivity index (χ3v) is 2.08. The van der Waals surface area contributed by atoms with Gasteiger partial charge in [-0.25, -0.2) is 4.39 Å². The minimum atomic E-state index is -0.752. The Kier molecular flexibility index (Phi) is 3.29. The van der Waals surface area contributed by atoms with Gasteiger partial charge in [0.1, 0.15) is 12.1 Å². The minimum Gasteiger partial charge on any atom is -0.303 e. The van der Waals surface area contributed by atoms with Crippen molar-refractivity contribution in [2.24, 2.45) is 0 Å². The first-order valence-electron chi connectivity index (χ1n) is 3.62. The topological polar surface area (TPSA) is 60.2 Å². The Bertz CT molecular complexity index is 394. The SMILES string of the molecule is O=CCc1c(F)cc(Br)cc1[N+](=O)[O-]. The summed E-state index contributed by atoms with van der Waals surface area (Å²) in [6, 6.07) is 2.26. The highest BCUT2D eigenvalue weighted by Gasteiger charge is 2.18. The lowest BCUT2D eigenvalue weighted by Gasteiger charge is -2.01. The maximum Gasteiger partial charge on any atom is 0.277 e. The molecule has 74 valence electrons. The second-order valence-electron chi connectivity index (χ2n) is 2.51. The Morgan fingerprint density at radius 1 is 1.57 bits per heavy atom. The zero-order chi connectivity index (χ0) is 10.7. The van der Waals surface area contributed by atoms with E-state index in [2.05, 4.69) is 15.9 Å². The predicted molar refractivity (Wildman–Crippen MR) is 50.5 cm³/mol. The fourth-order valence-corrected chi connectivity index (χ4v) is 1.46. The van der Waals surface area contributed by atoms with E-state index in [4.69, 9.17) is 0 Å². The van der Waals surface area contributed by atoms with Crippen LogP contribution in [0.3, 0.4) is 0 Å². The van der Waals surface area contributed by atoms with Gasteiger partial charge in [0.25, 0.3) is 5.69 Å². The van der Waals surface area contributed by atoms with E-state index in [1.807, 2.05) is 0 Å². The number of halogens is 2. The fraction of sp³-hybridized carbons (Fsp3) is 0.125. The van der Waals surface area contributed by atoms with Crippen molar-refractivity contribution in [1.82, 2.24) is 0 Å². The lowest BCUT2D eigenvalue weighted by Crippen LogP contribution is -1.99. The van der Waals surface area contributed by atoms with Gasteiger partial charge >= 0.3 is 0 Å². The van der Waals surface area contributed by atoms with E-state index in [9.17, 15) is 19.3 Å². The van der Waals surface area contributed by atoms with E-state index < -0.39 is 10.7 Å². The average molecular weight is 262 g/mol. The van der Waals surface area contributed by atoms with Gasteiger partial charge in [-0.3, -0.25) is 10.1 Å². The summed E-state index contributed by atoms with van der Waals surface area (Å²) in [5.74, 6) is -0.752. The molecule has 0 atom stereocenters. The maximum absolute atomic E-state index is 13.2. The molecule has 0 aromatic heterocycles. The summed E-state index contributed by atoms with van der Waals surface area (Å²) >= 11 is 2.93. The second-order valence-corrected chi connectivity index (χ2v) is 3.43. The first kappa shape index (κ1) is 10.8. The van der Waals surface area contributed by atoms with Crippen LogP contribution >= 0.6 is 15.9 Å². The first-order chi connectivity index (χ1) is 6.56. The van der Waals surface area contributed by atoms with Crippen molar-refractivity contribution in [3.8, 4) is 0 Å². The maximum atomic E-state index is 13.2. The number of carbonyl (C=O) groups excluding carboxylic acids is 1. The van der Waals surface area contributed by atoms with Crippen LogP contribution in [0.5, 0.6) is 0 Å². The molecule has 0 unspecified atom stereocenters. The Morgan fingerprint density at radius 3 is 2.71 bits per heavy atom. The van der Waals surface area contributed by atoms with Crippen LogP contribution in [0.25, 0.3) is 0 Å². The summed E-state index contributed by atoms with van der Waals surface area (Å²) in [7, 11) is 0. The van der Waals surface area contributed by atoms with Gasteiger partial charge in [0.15, 0.2) is 0 Å². The molecule has 0 fully saturated rings. The molecule has 0 saturated heterocycles. The number of nitro groups is 1. The van der Waals surface area contributed by atoms with E-state index in [1.54, 1.807) is 0 Å². The number of nitrogens with zero attached hydrogens (tertiary/aromatic N) is 1. The van der Waals surface area contributed by atoms with Crippen LogP contribution in [0, 0.1) is 15.9 Å². The van der Waals surface area contributed by atoms with Crippen molar-refractivity contribution in [3.05, 3.63) is 38.1 Å². The summed E-state index contributed by atoms with van der Waals surface area (Å²) in [5, 5.41) is 10.5. The first-order valence-corrected chi connectivity index (χ1v) is 4.41. The van der Waals surface area contributed by atoms with E-state index in [0.29, 0.717) is 6.29 Å². The lowest BCUT2D eigenvalue weighted by molar-refractivity contribution is -0.385. The molecule has 0 spiro atoms. The van der Waals surface area contributed by atoms with Crippen molar-refractivity contribution in [3.63, 3.8) is 0 Å². The third-order valence-electron chi connectivity index (χ3n) is 1.62. The van der Waals surface area contributed by atoms with Gasteiger partial charge in [-0.2, -0.15) is 0 Å². The number of aldehydes is 1. The molecule has 0 heterocycles. The molecule has 0 amide bonds. The van der Waals surface area contributed by atoms with Crippen molar-refractivity contribution in [2.45, 2.75) is 6.42 Å². The fourth-order valence-electron chi connectivity index (χ4n) is 1.04. The Labute approximate surface area is 87.0 Å². The van der Waals surface area contributed by atoms with E-state index in [0.717, 1.165) is 6.07 Å². The zero-order valence-electron chi connectivity index (χ0n) is 6.87. The van der Waals surface area contributed by atoms with Crippen LogP contribution in [0.4, 0.5) is 10.1 Å². The largest absolute Gasteiger partial charge is 0.303 e. The number of hydrogen-bond donors (Lipinski definition) is 0. The van der Waals surface area contributed by atoms with E-state index >= 15 is 0 Å². The standard InChI is InChI=1S/C8H5BrFNO3/c9-5-3-7(10)6(1-2-12)8(4-5)11(13)14/h2-4H,1H2. The molecule has 0 bridgehead atoms. The number of benzene rings is 1. The zero-order valence-corrected chi connectivity index (χ0v) is 8.45. The van der Waals surface area contributed by atoms with Crippen molar-refractivity contribution in [2.75, 3.05) is 0 Å². The summed E-state index contributed by atoms with van der Waals surface area (Å²) in [5.41, 5.74) is -0.572. The van der Waals surface area contributed by atoms with Gasteiger partial charge in [-0.05, 0) is 6.07 Å². The molecule has 1 aromatic rings. The summed E-state index contributed by atoms with van der Waals surface area (Å²) in [6.07, 6.45) is 0.134. The van der Waals surface area contributed by atoms with Gasteiger partial charge in [0.05, 0.1) is 10.5 Å². The minimum absolute atomic E-state index is 0.187. The highest BCUT2D eigenvalue weighted by molar-refractivity contribution is 9.10. The van der Waals surface area contributed by atoms with Crippen LogP contribution in [-0.2, 0) is 11.2 Å². The van der Waals surface area contributed by atoms with E-state index in [-0.39, 0.29) is 22.1 Å². The third kappa shape index (κ3) is 2.14. The van der Waals surface area contributed by atoms with Crippen LogP contribution < -0.4 is 0 Å². The molecule has 4 nitrogen and oxygen atoms in total. The van der Waals surface area contributed by atoms with Gasteiger partial charge in [-0.15, -0.1) is 0 Å². The summed E-state index contributed by atoms with van der Waals surface area (Å²) < 4.78 is 13.4. The number of rotatable bonds is 3. The molecule has 0 aliphatic heterocycles. The highest BCUT2D eigenvalue weighted by Crippen LogP contribution is 2.26. The second kappa shape index (κ2) is 4.28. The number of nitro benzene ring substituents is 1. The molecule has 1 rings (SSSR count). The highest BCUT2D eigenvalue weighted by atomic mass is 79.9. The summed E-state index contributed by atoms with van der Waals surface area (Å²) in [6.45, 7) is 0. The summed E-state index contributed by atoms with van der Waals surface area (Å²) in [4.78, 5) is 20.0. The van der Waals surface area contributed by atoms with Crippen molar-refractivity contribution < 1.29 is 14.1 Å². The van der Waals surface area contributed by atoms with Gasteiger partial charge in [0, 0.05) is 17.0 Å². The molecular weight excluding hydrogens is 257 g/mol. The Hall–Kier alpha value is -1.30. The van der Waals surface area contributed by atoms with Gasteiger partial charge < -0.3 is 4.79 Å². The molecule has 0 N–H and O–H groups in total.